The molecule has 1 aromatic rings. The first kappa shape index (κ1) is 15.0. The number of rotatable bonds is 2. The SMILES string of the molecule is CC(C)(C)OC(=O)c1cc(Cl)cc(C2CC2(Cl)Cl)c1. The van der Waals surface area contributed by atoms with E-state index in [9.17, 15) is 4.79 Å². The van der Waals surface area contributed by atoms with E-state index < -0.39 is 15.9 Å². The van der Waals surface area contributed by atoms with E-state index in [1.54, 1.807) is 18.2 Å². The lowest BCUT2D eigenvalue weighted by atomic mass is 10.1. The predicted octanol–water partition coefficient (Wildman–Crippen LogP) is 4.96. The van der Waals surface area contributed by atoms with Crippen LogP contribution in [-0.4, -0.2) is 15.9 Å². The van der Waals surface area contributed by atoms with Gasteiger partial charge in [-0.05, 0) is 51.0 Å². The van der Waals surface area contributed by atoms with Gasteiger partial charge in [0.15, 0.2) is 0 Å². The van der Waals surface area contributed by atoms with Gasteiger partial charge in [-0.2, -0.15) is 0 Å². The Hall–Kier alpha value is -0.440. The van der Waals surface area contributed by atoms with Crippen molar-refractivity contribution >= 4 is 40.8 Å². The fraction of sp³-hybridized carbons (Fsp3) is 0.500. The van der Waals surface area contributed by atoms with Gasteiger partial charge in [0.1, 0.15) is 9.93 Å². The maximum atomic E-state index is 12.0. The number of alkyl halides is 2. The molecule has 5 heteroatoms. The van der Waals surface area contributed by atoms with E-state index in [0.717, 1.165) is 5.56 Å². The summed E-state index contributed by atoms with van der Waals surface area (Å²) in [5, 5.41) is 0.481. The van der Waals surface area contributed by atoms with Gasteiger partial charge in [-0.3, -0.25) is 0 Å². The molecule has 19 heavy (non-hydrogen) atoms. The van der Waals surface area contributed by atoms with Gasteiger partial charge in [-0.1, -0.05) is 11.6 Å². The molecule has 1 unspecified atom stereocenters. The van der Waals surface area contributed by atoms with Crippen molar-refractivity contribution in [3.8, 4) is 0 Å². The molecule has 1 aliphatic rings. The number of hydrogen-bond acceptors (Lipinski definition) is 2. The minimum atomic E-state index is -0.740. The monoisotopic (exact) mass is 320 g/mol. The summed E-state index contributed by atoms with van der Waals surface area (Å²) in [5.74, 6) is -0.373. The van der Waals surface area contributed by atoms with E-state index in [1.165, 1.54) is 0 Å². The molecular formula is C14H15Cl3O2. The van der Waals surface area contributed by atoms with E-state index in [4.69, 9.17) is 39.5 Å². The van der Waals surface area contributed by atoms with Crippen molar-refractivity contribution in [1.82, 2.24) is 0 Å². The van der Waals surface area contributed by atoms with Gasteiger partial charge in [0.25, 0.3) is 0 Å². The van der Waals surface area contributed by atoms with Crippen LogP contribution in [-0.2, 0) is 4.74 Å². The molecule has 104 valence electrons. The van der Waals surface area contributed by atoms with Gasteiger partial charge in [0.05, 0.1) is 5.56 Å². The van der Waals surface area contributed by atoms with E-state index in [1.807, 2.05) is 20.8 Å². The zero-order valence-electron chi connectivity index (χ0n) is 11.0. The second-order valence-corrected chi connectivity index (χ2v) is 7.77. The minimum absolute atomic E-state index is 0.0238. The van der Waals surface area contributed by atoms with E-state index >= 15 is 0 Å². The molecule has 0 spiro atoms. The summed E-state index contributed by atoms with van der Waals surface area (Å²) in [5.41, 5.74) is 0.758. The Morgan fingerprint density at radius 1 is 1.32 bits per heavy atom. The van der Waals surface area contributed by atoms with Crippen LogP contribution < -0.4 is 0 Å². The highest BCUT2D eigenvalue weighted by atomic mass is 35.5. The number of esters is 1. The first-order valence-corrected chi connectivity index (χ1v) is 7.13. The van der Waals surface area contributed by atoms with Crippen LogP contribution in [0.3, 0.4) is 0 Å². The Morgan fingerprint density at radius 2 is 1.89 bits per heavy atom. The number of halogens is 3. The second-order valence-electron chi connectivity index (χ2n) is 5.79. The largest absolute Gasteiger partial charge is 0.456 e. The molecule has 0 aromatic heterocycles. The molecule has 0 N–H and O–H groups in total. The molecule has 0 heterocycles. The van der Waals surface area contributed by atoms with Gasteiger partial charge in [-0.15, -0.1) is 23.2 Å². The third kappa shape index (κ3) is 3.77. The number of carbonyl (C=O) groups excluding carboxylic acids is 1. The van der Waals surface area contributed by atoms with Crippen LogP contribution in [0, 0.1) is 0 Å². The van der Waals surface area contributed by atoms with Gasteiger partial charge in [0.2, 0.25) is 0 Å². The Bertz CT molecular complexity index is 518. The summed E-state index contributed by atoms with van der Waals surface area (Å²) in [4.78, 5) is 12.0. The Morgan fingerprint density at radius 3 is 2.37 bits per heavy atom. The van der Waals surface area contributed by atoms with Crippen molar-refractivity contribution in [1.29, 1.82) is 0 Å². The standard InChI is InChI=1S/C14H15Cl3O2/c1-13(2,3)19-12(18)9-4-8(5-10(15)6-9)11-7-14(11,16)17/h4-6,11H,7H2,1-3H3. The van der Waals surface area contributed by atoms with Crippen LogP contribution in [0.2, 0.25) is 5.02 Å². The van der Waals surface area contributed by atoms with Crippen LogP contribution in [0.4, 0.5) is 0 Å². The number of ether oxygens (including phenoxy) is 1. The van der Waals surface area contributed by atoms with Crippen LogP contribution >= 0.6 is 34.8 Å². The van der Waals surface area contributed by atoms with E-state index in [0.29, 0.717) is 17.0 Å². The lowest BCUT2D eigenvalue weighted by Crippen LogP contribution is -2.24. The average molecular weight is 322 g/mol. The quantitative estimate of drug-likeness (QED) is 0.568. The average Bonchev–Trinajstić information content (AvgIpc) is 2.84. The van der Waals surface area contributed by atoms with Crippen LogP contribution in [0.1, 0.15) is 49.0 Å². The number of hydrogen-bond donors (Lipinski definition) is 0. The molecule has 1 saturated carbocycles. The maximum absolute atomic E-state index is 12.0. The van der Waals surface area contributed by atoms with Crippen LogP contribution in [0.25, 0.3) is 0 Å². The van der Waals surface area contributed by atoms with Gasteiger partial charge < -0.3 is 4.74 Å². The highest BCUT2D eigenvalue weighted by Gasteiger charge is 2.52. The zero-order valence-corrected chi connectivity index (χ0v) is 13.2. The molecule has 1 fully saturated rings. The second kappa shape index (κ2) is 4.83. The Labute approximate surface area is 128 Å². The summed E-state index contributed by atoms with van der Waals surface area (Å²) in [6, 6.07) is 5.12. The summed E-state index contributed by atoms with van der Waals surface area (Å²) >= 11 is 18.1. The summed E-state index contributed by atoms with van der Waals surface area (Å²) < 4.78 is 4.58. The highest BCUT2D eigenvalue weighted by Crippen LogP contribution is 2.59. The smallest absolute Gasteiger partial charge is 0.338 e. The molecule has 0 bridgehead atoms. The number of carbonyl (C=O) groups is 1. The van der Waals surface area contributed by atoms with Crippen molar-refractivity contribution < 1.29 is 9.53 Å². The van der Waals surface area contributed by atoms with Gasteiger partial charge in [-0.25, -0.2) is 4.79 Å². The molecule has 0 amide bonds. The molecule has 0 aliphatic heterocycles. The first-order valence-electron chi connectivity index (χ1n) is 6.00. The predicted molar refractivity (Wildman–Crippen MR) is 78.4 cm³/mol. The maximum Gasteiger partial charge on any atom is 0.338 e. The summed E-state index contributed by atoms with van der Waals surface area (Å²) in [6.45, 7) is 5.46. The fourth-order valence-corrected chi connectivity index (χ4v) is 2.65. The fourth-order valence-electron chi connectivity index (χ4n) is 1.84. The van der Waals surface area contributed by atoms with E-state index in [2.05, 4.69) is 0 Å². The first-order chi connectivity index (χ1) is 8.58. The normalized spacial score (nSPS) is 21.1. The van der Waals surface area contributed by atoms with Gasteiger partial charge >= 0.3 is 5.97 Å². The summed E-state index contributed by atoms with van der Waals surface area (Å²) in [7, 11) is 0. The van der Waals surface area contributed by atoms with Crippen LogP contribution in [0.5, 0.6) is 0 Å². The van der Waals surface area contributed by atoms with Gasteiger partial charge in [0, 0.05) is 10.9 Å². The molecule has 1 atom stereocenters. The van der Waals surface area contributed by atoms with Crippen molar-refractivity contribution in [2.45, 2.75) is 43.0 Å². The molecule has 2 nitrogen and oxygen atoms in total. The third-order valence-electron chi connectivity index (χ3n) is 2.78. The van der Waals surface area contributed by atoms with Crippen molar-refractivity contribution in [3.63, 3.8) is 0 Å². The third-order valence-corrected chi connectivity index (χ3v) is 3.84. The number of benzene rings is 1. The molecule has 1 aromatic carbocycles. The van der Waals surface area contributed by atoms with Crippen molar-refractivity contribution in [2.75, 3.05) is 0 Å². The van der Waals surface area contributed by atoms with Crippen LogP contribution in [0.15, 0.2) is 18.2 Å². The molecule has 2 rings (SSSR count). The Kier molecular flexibility index (Phi) is 3.81. The molecule has 1 aliphatic carbocycles. The molecule has 0 radical (unpaired) electrons. The lowest BCUT2D eigenvalue weighted by molar-refractivity contribution is 0.00694. The minimum Gasteiger partial charge on any atom is -0.456 e. The van der Waals surface area contributed by atoms with Crippen molar-refractivity contribution in [2.24, 2.45) is 0 Å². The highest BCUT2D eigenvalue weighted by molar-refractivity contribution is 6.51. The molecular weight excluding hydrogens is 307 g/mol. The zero-order chi connectivity index (χ0) is 14.4. The van der Waals surface area contributed by atoms with Crippen molar-refractivity contribution in [3.05, 3.63) is 34.3 Å². The Balaban J connectivity index is 2.25. The molecule has 0 saturated heterocycles. The summed E-state index contributed by atoms with van der Waals surface area (Å²) in [6.07, 6.45) is 0.671. The topological polar surface area (TPSA) is 26.3 Å². The lowest BCUT2D eigenvalue weighted by Gasteiger charge is -2.19. The van der Waals surface area contributed by atoms with E-state index in [-0.39, 0.29) is 5.92 Å².